The lowest BCUT2D eigenvalue weighted by Crippen LogP contribution is -2.41. The molecule has 2 N–H and O–H groups in total. The van der Waals surface area contributed by atoms with Crippen LogP contribution in [0.25, 0.3) is 0 Å². The zero-order valence-electron chi connectivity index (χ0n) is 11.5. The fourth-order valence-corrected chi connectivity index (χ4v) is 3.20. The van der Waals surface area contributed by atoms with Gasteiger partial charge in [-0.15, -0.1) is 0 Å². The summed E-state index contributed by atoms with van der Waals surface area (Å²) < 4.78 is 0. The first-order chi connectivity index (χ1) is 8.39. The second-order valence-corrected chi connectivity index (χ2v) is 7.12. The Hall–Kier alpha value is -0.530. The van der Waals surface area contributed by atoms with E-state index in [1.54, 1.807) is 0 Å². The largest absolute Gasteiger partial charge is 0.325 e. The summed E-state index contributed by atoms with van der Waals surface area (Å²) in [7, 11) is 0. The third-order valence-corrected chi connectivity index (χ3v) is 4.51. The minimum Gasteiger partial charge on any atom is -0.325 e. The first-order valence-corrected chi connectivity index (χ1v) is 7.30. The number of hydrogen-bond acceptors (Lipinski definition) is 1. The van der Waals surface area contributed by atoms with Gasteiger partial charge in [0.25, 0.3) is 0 Å². The molecule has 0 bridgehead atoms. The van der Waals surface area contributed by atoms with Crippen LogP contribution in [0.3, 0.4) is 0 Å². The van der Waals surface area contributed by atoms with Gasteiger partial charge in [0.2, 0.25) is 0 Å². The number of halogens is 1. The Morgan fingerprint density at radius 2 is 1.94 bits per heavy atom. The average Bonchev–Trinajstić information content (AvgIpc) is 2.38. The van der Waals surface area contributed by atoms with Gasteiger partial charge in [0, 0.05) is 10.6 Å². The van der Waals surface area contributed by atoms with Gasteiger partial charge in [-0.3, -0.25) is 0 Å². The summed E-state index contributed by atoms with van der Waals surface area (Å²) in [4.78, 5) is 0. The maximum atomic E-state index is 6.62. The van der Waals surface area contributed by atoms with E-state index in [1.807, 2.05) is 18.2 Å². The molecule has 0 spiro atoms. The lowest BCUT2D eigenvalue weighted by Gasteiger charge is -2.29. The molecule has 1 fully saturated rings. The summed E-state index contributed by atoms with van der Waals surface area (Å²) in [6.45, 7) is 4.72. The molecule has 0 amide bonds. The van der Waals surface area contributed by atoms with Gasteiger partial charge in [-0.05, 0) is 55.2 Å². The van der Waals surface area contributed by atoms with E-state index in [0.29, 0.717) is 5.41 Å². The van der Waals surface area contributed by atoms with Crippen LogP contribution < -0.4 is 5.73 Å². The maximum Gasteiger partial charge on any atom is 0.0408 e. The van der Waals surface area contributed by atoms with Crippen LogP contribution >= 0.6 is 11.6 Å². The minimum atomic E-state index is -0.0432. The van der Waals surface area contributed by atoms with E-state index in [0.717, 1.165) is 24.3 Å². The number of benzene rings is 1. The summed E-state index contributed by atoms with van der Waals surface area (Å²) in [5.41, 5.74) is 8.30. The van der Waals surface area contributed by atoms with E-state index in [9.17, 15) is 0 Å². The molecule has 100 valence electrons. The van der Waals surface area contributed by atoms with Crippen LogP contribution in [0.1, 0.15) is 51.5 Å². The molecule has 1 aromatic rings. The Kier molecular flexibility index (Phi) is 4.03. The van der Waals surface area contributed by atoms with E-state index < -0.39 is 0 Å². The van der Waals surface area contributed by atoms with Crippen LogP contribution in [0.4, 0.5) is 0 Å². The molecule has 18 heavy (non-hydrogen) atoms. The topological polar surface area (TPSA) is 26.0 Å². The highest BCUT2D eigenvalue weighted by Gasteiger charge is 2.32. The third kappa shape index (κ3) is 3.73. The predicted octanol–water partition coefficient (Wildman–Crippen LogP) is 4.57. The second kappa shape index (κ2) is 5.22. The molecule has 0 aromatic heterocycles. The molecule has 0 radical (unpaired) electrons. The van der Waals surface area contributed by atoms with Crippen molar-refractivity contribution in [1.29, 1.82) is 0 Å². The monoisotopic (exact) mass is 265 g/mol. The SMILES string of the molecule is CC1(C)CCCC(N)(Cc2cccc(Cl)c2)CC1. The van der Waals surface area contributed by atoms with Crippen LogP contribution in [0.2, 0.25) is 5.02 Å². The van der Waals surface area contributed by atoms with E-state index in [-0.39, 0.29) is 5.54 Å². The second-order valence-electron chi connectivity index (χ2n) is 6.69. The van der Waals surface area contributed by atoms with Gasteiger partial charge in [-0.2, -0.15) is 0 Å². The zero-order valence-corrected chi connectivity index (χ0v) is 12.3. The van der Waals surface area contributed by atoms with Crippen molar-refractivity contribution >= 4 is 11.6 Å². The molecular formula is C16H24ClN. The van der Waals surface area contributed by atoms with Crippen molar-refractivity contribution in [2.75, 3.05) is 0 Å². The Labute approximate surface area is 116 Å². The fraction of sp³-hybridized carbons (Fsp3) is 0.625. The standard InChI is InChI=1S/C16H24ClN/c1-15(2)7-4-8-16(18,10-9-15)12-13-5-3-6-14(17)11-13/h3,5-6,11H,4,7-10,12,18H2,1-2H3. The van der Waals surface area contributed by atoms with E-state index in [1.165, 1.54) is 24.8 Å². The van der Waals surface area contributed by atoms with Crippen molar-refractivity contribution in [2.45, 2.75) is 57.9 Å². The average molecular weight is 266 g/mol. The van der Waals surface area contributed by atoms with Crippen molar-refractivity contribution in [3.05, 3.63) is 34.9 Å². The fourth-order valence-electron chi connectivity index (χ4n) is 2.99. The first-order valence-electron chi connectivity index (χ1n) is 6.92. The quantitative estimate of drug-likeness (QED) is 0.779. The van der Waals surface area contributed by atoms with Gasteiger partial charge in [0.15, 0.2) is 0 Å². The lowest BCUT2D eigenvalue weighted by atomic mass is 9.82. The van der Waals surface area contributed by atoms with E-state index in [4.69, 9.17) is 17.3 Å². The molecule has 0 heterocycles. The summed E-state index contributed by atoms with van der Waals surface area (Å²) in [6.07, 6.45) is 6.95. The summed E-state index contributed by atoms with van der Waals surface area (Å²) >= 11 is 6.04. The molecule has 1 saturated carbocycles. The van der Waals surface area contributed by atoms with E-state index in [2.05, 4.69) is 19.9 Å². The van der Waals surface area contributed by atoms with Gasteiger partial charge in [0.05, 0.1) is 0 Å². The Bertz CT molecular complexity index is 413. The molecule has 2 heteroatoms. The van der Waals surface area contributed by atoms with Crippen molar-refractivity contribution in [3.63, 3.8) is 0 Å². The lowest BCUT2D eigenvalue weighted by molar-refractivity contribution is 0.297. The van der Waals surface area contributed by atoms with Gasteiger partial charge in [-0.25, -0.2) is 0 Å². The highest BCUT2D eigenvalue weighted by atomic mass is 35.5. The smallest absolute Gasteiger partial charge is 0.0408 e. The normalized spacial score (nSPS) is 27.8. The molecule has 1 aromatic carbocycles. The molecule has 0 saturated heterocycles. The van der Waals surface area contributed by atoms with E-state index >= 15 is 0 Å². The Balaban J connectivity index is 2.07. The zero-order chi connectivity index (χ0) is 13.2. The third-order valence-electron chi connectivity index (χ3n) is 4.27. The van der Waals surface area contributed by atoms with Crippen LogP contribution in [-0.4, -0.2) is 5.54 Å². The summed E-state index contributed by atoms with van der Waals surface area (Å²) in [5.74, 6) is 0. The number of nitrogens with two attached hydrogens (primary N) is 1. The van der Waals surface area contributed by atoms with Crippen LogP contribution in [0, 0.1) is 5.41 Å². The molecule has 1 nitrogen and oxygen atoms in total. The molecular weight excluding hydrogens is 242 g/mol. The first kappa shape index (κ1) is 13.9. The highest BCUT2D eigenvalue weighted by Crippen LogP contribution is 2.38. The van der Waals surface area contributed by atoms with Gasteiger partial charge >= 0.3 is 0 Å². The summed E-state index contributed by atoms with van der Waals surface area (Å²) in [6, 6.07) is 8.12. The van der Waals surface area contributed by atoms with Gasteiger partial charge < -0.3 is 5.73 Å². The van der Waals surface area contributed by atoms with Crippen LogP contribution in [0.5, 0.6) is 0 Å². The van der Waals surface area contributed by atoms with Gasteiger partial charge in [0.1, 0.15) is 0 Å². The van der Waals surface area contributed by atoms with Gasteiger partial charge in [-0.1, -0.05) is 44.0 Å². The minimum absolute atomic E-state index is 0.0432. The summed E-state index contributed by atoms with van der Waals surface area (Å²) in [5, 5.41) is 0.810. The number of rotatable bonds is 2. The Morgan fingerprint density at radius 1 is 1.17 bits per heavy atom. The maximum absolute atomic E-state index is 6.62. The molecule has 1 aliphatic rings. The molecule has 1 unspecified atom stereocenters. The molecule has 1 aliphatic carbocycles. The predicted molar refractivity (Wildman–Crippen MR) is 78.9 cm³/mol. The van der Waals surface area contributed by atoms with Crippen molar-refractivity contribution < 1.29 is 0 Å². The highest BCUT2D eigenvalue weighted by molar-refractivity contribution is 6.30. The number of hydrogen-bond donors (Lipinski definition) is 1. The molecule has 0 aliphatic heterocycles. The van der Waals surface area contributed by atoms with Crippen LogP contribution in [-0.2, 0) is 6.42 Å². The molecule has 2 rings (SSSR count). The molecule has 1 atom stereocenters. The van der Waals surface area contributed by atoms with Crippen LogP contribution in [0.15, 0.2) is 24.3 Å². The van der Waals surface area contributed by atoms with Crippen molar-refractivity contribution in [3.8, 4) is 0 Å². The van der Waals surface area contributed by atoms with Crippen molar-refractivity contribution in [2.24, 2.45) is 11.1 Å². The van der Waals surface area contributed by atoms with Crippen molar-refractivity contribution in [1.82, 2.24) is 0 Å². The Morgan fingerprint density at radius 3 is 2.67 bits per heavy atom.